The summed E-state index contributed by atoms with van der Waals surface area (Å²) in [6.07, 6.45) is 7.34. The lowest BCUT2D eigenvalue weighted by Gasteiger charge is -2.37. The number of likely N-dealkylation sites (tertiary alicyclic amines) is 2. The second-order valence-corrected chi connectivity index (χ2v) is 5.53. The molecule has 0 aromatic heterocycles. The number of hydrogen-bond acceptors (Lipinski definition) is 3. The number of carbonyl (C=O) groups is 1. The Bertz CT molecular complexity index is 276. The first-order valence-electron chi connectivity index (χ1n) is 6.83. The quantitative estimate of drug-likeness (QED) is 0.851. The molecule has 0 amide bonds. The van der Waals surface area contributed by atoms with Gasteiger partial charge in [-0.05, 0) is 52.2 Å². The predicted octanol–water partition coefficient (Wildman–Crippen LogP) is 1.83. The average molecular weight is 277 g/mol. The van der Waals surface area contributed by atoms with Crippen molar-refractivity contribution in [3.05, 3.63) is 0 Å². The molecule has 2 atom stereocenters. The lowest BCUT2D eigenvalue weighted by Crippen LogP contribution is -2.45. The molecule has 2 fully saturated rings. The molecule has 2 heterocycles. The van der Waals surface area contributed by atoms with Crippen LogP contribution in [0.4, 0.5) is 0 Å². The van der Waals surface area contributed by atoms with Crippen molar-refractivity contribution in [2.45, 2.75) is 50.6 Å². The Morgan fingerprint density at radius 1 is 1.17 bits per heavy atom. The Balaban J connectivity index is 0.00000162. The van der Waals surface area contributed by atoms with Gasteiger partial charge in [-0.2, -0.15) is 0 Å². The molecule has 2 saturated heterocycles. The molecule has 5 heteroatoms. The van der Waals surface area contributed by atoms with Crippen LogP contribution in [0.2, 0.25) is 0 Å². The van der Waals surface area contributed by atoms with Crippen LogP contribution in [0.15, 0.2) is 0 Å². The molecule has 0 aromatic rings. The highest BCUT2D eigenvalue weighted by atomic mass is 35.5. The SMILES string of the molecule is CN1CCCC1CC1CCCCN1CC(=O)O.Cl. The number of aliphatic carboxylic acids is 1. The van der Waals surface area contributed by atoms with Crippen molar-refractivity contribution < 1.29 is 9.90 Å². The number of piperidine rings is 1. The van der Waals surface area contributed by atoms with E-state index in [1.807, 2.05) is 0 Å². The summed E-state index contributed by atoms with van der Waals surface area (Å²) < 4.78 is 0. The maximum atomic E-state index is 10.9. The van der Waals surface area contributed by atoms with Crippen LogP contribution in [0.3, 0.4) is 0 Å². The van der Waals surface area contributed by atoms with Crippen molar-refractivity contribution in [2.24, 2.45) is 0 Å². The van der Waals surface area contributed by atoms with Gasteiger partial charge in [0, 0.05) is 12.1 Å². The number of rotatable bonds is 4. The normalized spacial score (nSPS) is 30.1. The third-order valence-corrected chi connectivity index (χ3v) is 4.30. The van der Waals surface area contributed by atoms with Gasteiger partial charge in [-0.25, -0.2) is 0 Å². The zero-order valence-corrected chi connectivity index (χ0v) is 12.0. The van der Waals surface area contributed by atoms with Gasteiger partial charge in [-0.3, -0.25) is 9.69 Å². The van der Waals surface area contributed by atoms with Crippen LogP contribution < -0.4 is 0 Å². The topological polar surface area (TPSA) is 43.8 Å². The first kappa shape index (κ1) is 15.7. The van der Waals surface area contributed by atoms with E-state index in [9.17, 15) is 4.79 Å². The molecule has 0 radical (unpaired) electrons. The third-order valence-electron chi connectivity index (χ3n) is 4.30. The molecule has 2 unspecified atom stereocenters. The fraction of sp³-hybridized carbons (Fsp3) is 0.923. The van der Waals surface area contributed by atoms with Crippen molar-refractivity contribution in [1.29, 1.82) is 0 Å². The van der Waals surface area contributed by atoms with Crippen LogP contribution in [-0.2, 0) is 4.79 Å². The van der Waals surface area contributed by atoms with E-state index >= 15 is 0 Å². The van der Waals surface area contributed by atoms with Gasteiger partial charge < -0.3 is 10.0 Å². The highest BCUT2D eigenvalue weighted by Crippen LogP contribution is 2.26. The monoisotopic (exact) mass is 276 g/mol. The molecule has 18 heavy (non-hydrogen) atoms. The molecule has 0 spiro atoms. The summed E-state index contributed by atoms with van der Waals surface area (Å²) in [5, 5.41) is 8.94. The molecule has 2 aliphatic heterocycles. The Hall–Kier alpha value is -0.320. The molecule has 0 bridgehead atoms. The average Bonchev–Trinajstić information content (AvgIpc) is 2.67. The lowest BCUT2D eigenvalue weighted by atomic mass is 9.95. The van der Waals surface area contributed by atoms with Crippen molar-refractivity contribution >= 4 is 18.4 Å². The van der Waals surface area contributed by atoms with Gasteiger partial charge in [0.2, 0.25) is 0 Å². The Morgan fingerprint density at radius 2 is 1.89 bits per heavy atom. The highest BCUT2D eigenvalue weighted by molar-refractivity contribution is 5.85. The van der Waals surface area contributed by atoms with Gasteiger partial charge in [0.05, 0.1) is 6.54 Å². The summed E-state index contributed by atoms with van der Waals surface area (Å²) >= 11 is 0. The first-order valence-corrected chi connectivity index (χ1v) is 6.83. The Labute approximate surface area is 116 Å². The zero-order chi connectivity index (χ0) is 12.3. The van der Waals surface area contributed by atoms with Gasteiger partial charge in [-0.15, -0.1) is 12.4 Å². The van der Waals surface area contributed by atoms with E-state index in [1.165, 1.54) is 32.2 Å². The smallest absolute Gasteiger partial charge is 0.317 e. The fourth-order valence-electron chi connectivity index (χ4n) is 3.30. The summed E-state index contributed by atoms with van der Waals surface area (Å²) in [5.41, 5.74) is 0. The van der Waals surface area contributed by atoms with Crippen LogP contribution in [0.1, 0.15) is 38.5 Å². The second kappa shape index (κ2) is 7.31. The second-order valence-electron chi connectivity index (χ2n) is 5.53. The number of carboxylic acids is 1. The van der Waals surface area contributed by atoms with Crippen LogP contribution in [0.5, 0.6) is 0 Å². The van der Waals surface area contributed by atoms with Gasteiger partial charge in [0.15, 0.2) is 0 Å². The maximum absolute atomic E-state index is 10.9. The van der Waals surface area contributed by atoms with Gasteiger partial charge in [0.25, 0.3) is 0 Å². The minimum Gasteiger partial charge on any atom is -0.480 e. The van der Waals surface area contributed by atoms with Crippen molar-refractivity contribution in [3.63, 3.8) is 0 Å². The molecule has 106 valence electrons. The van der Waals surface area contributed by atoms with Crippen LogP contribution >= 0.6 is 12.4 Å². The highest BCUT2D eigenvalue weighted by Gasteiger charge is 2.29. The zero-order valence-electron chi connectivity index (χ0n) is 11.2. The van der Waals surface area contributed by atoms with Crippen molar-refractivity contribution in [3.8, 4) is 0 Å². The molecule has 2 aliphatic rings. The molecule has 1 N–H and O–H groups in total. The van der Waals surface area contributed by atoms with Crippen molar-refractivity contribution in [2.75, 3.05) is 26.7 Å². The molecule has 0 aliphatic carbocycles. The number of nitrogens with zero attached hydrogens (tertiary/aromatic N) is 2. The fourth-order valence-corrected chi connectivity index (χ4v) is 3.30. The molecular formula is C13H25ClN2O2. The van der Waals surface area contributed by atoms with Gasteiger partial charge in [0.1, 0.15) is 0 Å². The minimum atomic E-state index is -0.684. The first-order chi connectivity index (χ1) is 8.16. The molecule has 4 nitrogen and oxygen atoms in total. The molecule has 0 saturated carbocycles. The van der Waals surface area contributed by atoms with E-state index in [4.69, 9.17) is 5.11 Å². The maximum Gasteiger partial charge on any atom is 0.317 e. The summed E-state index contributed by atoms with van der Waals surface area (Å²) in [4.78, 5) is 15.5. The lowest BCUT2D eigenvalue weighted by molar-refractivity contribution is -0.139. The van der Waals surface area contributed by atoms with E-state index in [-0.39, 0.29) is 19.0 Å². The number of hydrogen-bond donors (Lipinski definition) is 1. The van der Waals surface area contributed by atoms with Crippen LogP contribution in [-0.4, -0.2) is 59.6 Å². The molecule has 2 rings (SSSR count). The van der Waals surface area contributed by atoms with E-state index in [1.54, 1.807) is 0 Å². The minimum absolute atomic E-state index is 0. The largest absolute Gasteiger partial charge is 0.480 e. The van der Waals surface area contributed by atoms with E-state index in [0.717, 1.165) is 19.4 Å². The summed E-state index contributed by atoms with van der Waals surface area (Å²) in [7, 11) is 2.20. The standard InChI is InChI=1S/C13H24N2O2.ClH/c1-14-7-4-6-11(14)9-12-5-2-3-8-15(12)10-13(16)17;/h11-12H,2-10H2,1H3,(H,16,17);1H. The van der Waals surface area contributed by atoms with E-state index < -0.39 is 5.97 Å². The molecule has 0 aromatic carbocycles. The van der Waals surface area contributed by atoms with Crippen LogP contribution in [0, 0.1) is 0 Å². The van der Waals surface area contributed by atoms with E-state index in [0.29, 0.717) is 12.1 Å². The molecular weight excluding hydrogens is 252 g/mol. The van der Waals surface area contributed by atoms with Gasteiger partial charge in [-0.1, -0.05) is 6.42 Å². The summed E-state index contributed by atoms with van der Waals surface area (Å²) in [6.45, 7) is 2.39. The predicted molar refractivity (Wildman–Crippen MR) is 74.4 cm³/mol. The third kappa shape index (κ3) is 4.11. The summed E-state index contributed by atoms with van der Waals surface area (Å²) in [5.74, 6) is -0.684. The van der Waals surface area contributed by atoms with Crippen LogP contribution in [0.25, 0.3) is 0 Å². The summed E-state index contributed by atoms with van der Waals surface area (Å²) in [6, 6.07) is 1.17. The Morgan fingerprint density at radius 3 is 2.50 bits per heavy atom. The van der Waals surface area contributed by atoms with E-state index in [2.05, 4.69) is 16.8 Å². The number of halogens is 1. The van der Waals surface area contributed by atoms with Crippen molar-refractivity contribution in [1.82, 2.24) is 9.80 Å². The van der Waals surface area contributed by atoms with Gasteiger partial charge >= 0.3 is 5.97 Å². The number of carboxylic acid groups (broad SMARTS) is 1. The Kier molecular flexibility index (Phi) is 6.39.